The topological polar surface area (TPSA) is 71.8 Å². The highest BCUT2D eigenvalue weighted by atomic mass is 32.1. The Hall–Kier alpha value is -2.56. The summed E-state index contributed by atoms with van der Waals surface area (Å²) in [7, 11) is 3.12. The van der Waals surface area contributed by atoms with Crippen LogP contribution < -0.4 is 14.4 Å². The standard InChI is InChI=1S/C18H18N2O4S/c1-22-14-4-3-12(9-15(14)23-2)17-13(10-19)18(25-16(17)11-21)20-5-7-24-8-6-20/h3-4,9,11H,5-8H2,1-2H3. The lowest BCUT2D eigenvalue weighted by molar-refractivity contribution is 0.112. The molecule has 1 saturated heterocycles. The summed E-state index contributed by atoms with van der Waals surface area (Å²) in [6, 6.07) is 7.67. The molecule has 0 spiro atoms. The number of hydrogen-bond donors (Lipinski definition) is 0. The normalized spacial score (nSPS) is 14.0. The monoisotopic (exact) mass is 358 g/mol. The zero-order valence-corrected chi connectivity index (χ0v) is 14.9. The van der Waals surface area contributed by atoms with Crippen LogP contribution in [0.4, 0.5) is 5.00 Å². The van der Waals surface area contributed by atoms with Crippen molar-refractivity contribution in [1.29, 1.82) is 5.26 Å². The van der Waals surface area contributed by atoms with Crippen LogP contribution in [0.5, 0.6) is 11.5 Å². The van der Waals surface area contributed by atoms with Crippen LogP contribution in [-0.2, 0) is 4.74 Å². The number of anilines is 1. The number of ether oxygens (including phenoxy) is 3. The van der Waals surface area contributed by atoms with Gasteiger partial charge in [-0.3, -0.25) is 4.79 Å². The maximum Gasteiger partial charge on any atom is 0.161 e. The van der Waals surface area contributed by atoms with E-state index in [2.05, 4.69) is 11.0 Å². The predicted octanol–water partition coefficient (Wildman–Crippen LogP) is 2.95. The van der Waals surface area contributed by atoms with Crippen molar-refractivity contribution < 1.29 is 19.0 Å². The first kappa shape index (κ1) is 17.3. The Bertz CT molecular complexity index is 819. The molecule has 1 aromatic heterocycles. The fraction of sp³-hybridized carbons (Fsp3) is 0.333. The molecule has 0 amide bonds. The summed E-state index contributed by atoms with van der Waals surface area (Å²) in [6.45, 7) is 2.65. The first-order chi connectivity index (χ1) is 12.2. The van der Waals surface area contributed by atoms with E-state index in [0.29, 0.717) is 53.8 Å². The molecule has 25 heavy (non-hydrogen) atoms. The second kappa shape index (κ2) is 7.55. The molecule has 0 atom stereocenters. The zero-order chi connectivity index (χ0) is 17.8. The fourth-order valence-corrected chi connectivity index (χ4v) is 4.03. The van der Waals surface area contributed by atoms with E-state index in [0.717, 1.165) is 16.9 Å². The third-order valence-corrected chi connectivity index (χ3v) is 5.28. The Morgan fingerprint density at radius 3 is 2.56 bits per heavy atom. The summed E-state index contributed by atoms with van der Waals surface area (Å²) in [4.78, 5) is 14.3. The van der Waals surface area contributed by atoms with Gasteiger partial charge in [0.15, 0.2) is 17.8 Å². The van der Waals surface area contributed by atoms with Crippen molar-refractivity contribution in [2.24, 2.45) is 0 Å². The highest BCUT2D eigenvalue weighted by Crippen LogP contribution is 2.43. The second-order valence-corrected chi connectivity index (χ2v) is 6.45. The molecule has 1 fully saturated rings. The maximum absolute atomic E-state index is 11.6. The van der Waals surface area contributed by atoms with Crippen LogP contribution in [0.15, 0.2) is 18.2 Å². The maximum atomic E-state index is 11.6. The lowest BCUT2D eigenvalue weighted by Gasteiger charge is -2.27. The molecule has 0 aliphatic carbocycles. The number of morpholine rings is 1. The number of methoxy groups -OCH3 is 2. The summed E-state index contributed by atoms with van der Waals surface area (Å²) in [5.74, 6) is 1.15. The van der Waals surface area contributed by atoms with Crippen molar-refractivity contribution in [2.75, 3.05) is 45.4 Å². The molecular weight excluding hydrogens is 340 g/mol. The summed E-state index contributed by atoms with van der Waals surface area (Å²) in [5, 5.41) is 10.6. The number of carbonyl (C=O) groups is 1. The summed E-state index contributed by atoms with van der Waals surface area (Å²) in [6.07, 6.45) is 0.807. The number of rotatable bonds is 5. The van der Waals surface area contributed by atoms with E-state index in [1.54, 1.807) is 26.4 Å². The number of carbonyl (C=O) groups excluding carboxylic acids is 1. The van der Waals surface area contributed by atoms with E-state index in [-0.39, 0.29) is 0 Å². The molecule has 1 aliphatic heterocycles. The first-order valence-electron chi connectivity index (χ1n) is 7.80. The van der Waals surface area contributed by atoms with Crippen LogP contribution in [0.1, 0.15) is 15.2 Å². The third kappa shape index (κ3) is 3.18. The van der Waals surface area contributed by atoms with Crippen LogP contribution in [0, 0.1) is 11.3 Å². The SMILES string of the molecule is COc1ccc(-c2c(C=O)sc(N3CCOCC3)c2C#N)cc1OC. The zero-order valence-electron chi connectivity index (χ0n) is 14.1. The van der Waals surface area contributed by atoms with Gasteiger partial charge in [-0.1, -0.05) is 6.07 Å². The average Bonchev–Trinajstić information content (AvgIpc) is 3.06. The molecule has 0 saturated carbocycles. The molecule has 0 N–H and O–H groups in total. The number of benzene rings is 1. The van der Waals surface area contributed by atoms with E-state index < -0.39 is 0 Å². The van der Waals surface area contributed by atoms with Crippen molar-refractivity contribution in [3.05, 3.63) is 28.6 Å². The third-order valence-electron chi connectivity index (χ3n) is 4.11. The van der Waals surface area contributed by atoms with Gasteiger partial charge in [-0.05, 0) is 17.7 Å². The first-order valence-corrected chi connectivity index (χ1v) is 8.62. The fourth-order valence-electron chi connectivity index (χ4n) is 2.89. The van der Waals surface area contributed by atoms with Gasteiger partial charge in [-0.2, -0.15) is 5.26 Å². The van der Waals surface area contributed by atoms with E-state index >= 15 is 0 Å². The number of thiophene rings is 1. The van der Waals surface area contributed by atoms with Crippen molar-refractivity contribution in [3.8, 4) is 28.7 Å². The van der Waals surface area contributed by atoms with Crippen LogP contribution >= 0.6 is 11.3 Å². The molecule has 130 valence electrons. The molecule has 1 aliphatic rings. The van der Waals surface area contributed by atoms with Gasteiger partial charge < -0.3 is 19.1 Å². The quantitative estimate of drug-likeness (QED) is 0.765. The van der Waals surface area contributed by atoms with Gasteiger partial charge >= 0.3 is 0 Å². The molecule has 6 nitrogen and oxygen atoms in total. The largest absolute Gasteiger partial charge is 0.493 e. The number of hydrogen-bond acceptors (Lipinski definition) is 7. The summed E-state index contributed by atoms with van der Waals surface area (Å²) in [5.41, 5.74) is 1.92. The molecule has 2 aromatic rings. The predicted molar refractivity (Wildman–Crippen MR) is 96.0 cm³/mol. The highest BCUT2D eigenvalue weighted by molar-refractivity contribution is 7.18. The smallest absolute Gasteiger partial charge is 0.161 e. The Labute approximate surface area is 150 Å². The van der Waals surface area contributed by atoms with E-state index in [1.807, 2.05) is 6.07 Å². The van der Waals surface area contributed by atoms with Gasteiger partial charge in [0.05, 0.1) is 37.9 Å². The second-order valence-electron chi connectivity index (χ2n) is 5.42. The average molecular weight is 358 g/mol. The minimum absolute atomic E-state index is 0.515. The van der Waals surface area contributed by atoms with E-state index in [9.17, 15) is 10.1 Å². The Balaban J connectivity index is 2.14. The molecule has 0 radical (unpaired) electrons. The molecular formula is C18H18N2O4S. The van der Waals surface area contributed by atoms with Gasteiger partial charge in [0.2, 0.25) is 0 Å². The molecule has 1 aromatic carbocycles. The molecule has 0 unspecified atom stereocenters. The summed E-state index contributed by atoms with van der Waals surface area (Å²) >= 11 is 1.34. The van der Waals surface area contributed by atoms with Crippen molar-refractivity contribution >= 4 is 22.6 Å². The molecule has 0 bridgehead atoms. The molecule has 7 heteroatoms. The Morgan fingerprint density at radius 2 is 1.96 bits per heavy atom. The lowest BCUT2D eigenvalue weighted by atomic mass is 10.0. The van der Waals surface area contributed by atoms with Gasteiger partial charge in [-0.15, -0.1) is 11.3 Å². The lowest BCUT2D eigenvalue weighted by Crippen LogP contribution is -2.36. The highest BCUT2D eigenvalue weighted by Gasteiger charge is 2.25. The number of nitriles is 1. The van der Waals surface area contributed by atoms with Crippen LogP contribution in [0.2, 0.25) is 0 Å². The van der Waals surface area contributed by atoms with E-state index in [1.165, 1.54) is 11.3 Å². The van der Waals surface area contributed by atoms with Crippen LogP contribution in [0.25, 0.3) is 11.1 Å². The van der Waals surface area contributed by atoms with Gasteiger partial charge in [-0.25, -0.2) is 0 Å². The van der Waals surface area contributed by atoms with Crippen LogP contribution in [0.3, 0.4) is 0 Å². The minimum Gasteiger partial charge on any atom is -0.493 e. The van der Waals surface area contributed by atoms with Crippen molar-refractivity contribution in [3.63, 3.8) is 0 Å². The van der Waals surface area contributed by atoms with Crippen molar-refractivity contribution in [2.45, 2.75) is 0 Å². The molecule has 2 heterocycles. The summed E-state index contributed by atoms with van der Waals surface area (Å²) < 4.78 is 16.0. The van der Waals surface area contributed by atoms with Gasteiger partial charge in [0.1, 0.15) is 11.1 Å². The molecule has 3 rings (SSSR count). The Morgan fingerprint density at radius 1 is 1.24 bits per heavy atom. The van der Waals surface area contributed by atoms with Gasteiger partial charge in [0, 0.05) is 18.7 Å². The van der Waals surface area contributed by atoms with Gasteiger partial charge in [0.25, 0.3) is 0 Å². The minimum atomic E-state index is 0.515. The van der Waals surface area contributed by atoms with Crippen molar-refractivity contribution in [1.82, 2.24) is 0 Å². The van der Waals surface area contributed by atoms with Crippen LogP contribution in [-0.4, -0.2) is 46.8 Å². The number of aldehydes is 1. The Kier molecular flexibility index (Phi) is 5.22. The van der Waals surface area contributed by atoms with E-state index in [4.69, 9.17) is 14.2 Å². The number of nitrogens with zero attached hydrogens (tertiary/aromatic N) is 2.